The van der Waals surface area contributed by atoms with Gasteiger partial charge in [0.2, 0.25) is 0 Å². The number of nitrogens with one attached hydrogen (secondary N) is 2. The SMILES string of the molecule is CC(=O)C(Cc1c[nH]c2ccccc12)NS. The van der Waals surface area contributed by atoms with Crippen LogP contribution in [0.2, 0.25) is 0 Å². The molecule has 1 aromatic carbocycles. The lowest BCUT2D eigenvalue weighted by molar-refractivity contribution is -0.118. The highest BCUT2D eigenvalue weighted by Gasteiger charge is 2.14. The third kappa shape index (κ3) is 2.13. The number of hydrogen-bond donors (Lipinski definition) is 3. The van der Waals surface area contributed by atoms with Gasteiger partial charge >= 0.3 is 0 Å². The minimum absolute atomic E-state index is 0.0975. The maximum Gasteiger partial charge on any atom is 0.147 e. The zero-order valence-corrected chi connectivity index (χ0v) is 9.92. The molecule has 4 heteroatoms. The summed E-state index contributed by atoms with van der Waals surface area (Å²) in [5.74, 6) is 0.0975. The molecule has 1 aromatic heterocycles. The number of aromatic amines is 1. The number of benzene rings is 1. The molecule has 16 heavy (non-hydrogen) atoms. The van der Waals surface area contributed by atoms with Gasteiger partial charge in [-0.2, -0.15) is 0 Å². The van der Waals surface area contributed by atoms with E-state index in [9.17, 15) is 4.79 Å². The minimum Gasteiger partial charge on any atom is -0.361 e. The number of para-hydroxylation sites is 1. The van der Waals surface area contributed by atoms with E-state index in [-0.39, 0.29) is 11.8 Å². The van der Waals surface area contributed by atoms with Crippen molar-refractivity contribution in [2.45, 2.75) is 19.4 Å². The molecule has 0 radical (unpaired) electrons. The van der Waals surface area contributed by atoms with Crippen LogP contribution < -0.4 is 4.72 Å². The first-order chi connectivity index (χ1) is 7.72. The van der Waals surface area contributed by atoms with Gasteiger partial charge in [-0.25, -0.2) is 0 Å². The van der Waals surface area contributed by atoms with Crippen LogP contribution in [0.1, 0.15) is 12.5 Å². The molecule has 1 atom stereocenters. The van der Waals surface area contributed by atoms with Crippen LogP contribution in [0.3, 0.4) is 0 Å². The van der Waals surface area contributed by atoms with Crippen molar-refractivity contribution in [2.24, 2.45) is 0 Å². The van der Waals surface area contributed by atoms with Crippen molar-refractivity contribution in [2.75, 3.05) is 0 Å². The summed E-state index contributed by atoms with van der Waals surface area (Å²) >= 11 is 3.98. The number of ketones is 1. The van der Waals surface area contributed by atoms with Crippen molar-refractivity contribution in [1.82, 2.24) is 9.71 Å². The number of carbonyl (C=O) groups excluding carboxylic acids is 1. The van der Waals surface area contributed by atoms with Crippen molar-refractivity contribution < 1.29 is 4.79 Å². The second-order valence-electron chi connectivity index (χ2n) is 3.86. The van der Waals surface area contributed by atoms with Crippen LogP contribution in [0.25, 0.3) is 10.9 Å². The maximum atomic E-state index is 11.3. The van der Waals surface area contributed by atoms with Gasteiger partial charge in [-0.1, -0.05) is 31.0 Å². The Morgan fingerprint density at radius 2 is 2.25 bits per heavy atom. The monoisotopic (exact) mass is 234 g/mol. The lowest BCUT2D eigenvalue weighted by atomic mass is 10.0. The number of fused-ring (bicyclic) bond motifs is 1. The average molecular weight is 234 g/mol. The van der Waals surface area contributed by atoms with Crippen LogP contribution in [0.5, 0.6) is 0 Å². The molecule has 2 aromatic rings. The lowest BCUT2D eigenvalue weighted by Gasteiger charge is -2.10. The van der Waals surface area contributed by atoms with E-state index in [0.717, 1.165) is 16.5 Å². The smallest absolute Gasteiger partial charge is 0.147 e. The van der Waals surface area contributed by atoms with Gasteiger partial charge in [0, 0.05) is 17.1 Å². The van der Waals surface area contributed by atoms with E-state index in [1.165, 1.54) is 0 Å². The summed E-state index contributed by atoms with van der Waals surface area (Å²) in [6.07, 6.45) is 2.61. The topological polar surface area (TPSA) is 44.9 Å². The second-order valence-corrected chi connectivity index (χ2v) is 4.11. The number of rotatable bonds is 4. The molecule has 0 aliphatic rings. The Labute approximate surface area is 99.8 Å². The molecule has 0 amide bonds. The van der Waals surface area contributed by atoms with Crippen molar-refractivity contribution >= 4 is 29.5 Å². The molecule has 2 rings (SSSR count). The summed E-state index contributed by atoms with van der Waals surface area (Å²) < 4.78 is 2.74. The molecule has 1 heterocycles. The Morgan fingerprint density at radius 3 is 2.94 bits per heavy atom. The number of Topliss-reactive ketones (excluding diaryl/α,β-unsaturated/α-hetero) is 1. The van der Waals surface area contributed by atoms with E-state index in [1.54, 1.807) is 6.92 Å². The van der Waals surface area contributed by atoms with Gasteiger partial charge in [0.25, 0.3) is 0 Å². The molecule has 0 saturated heterocycles. The van der Waals surface area contributed by atoms with Crippen LogP contribution in [-0.2, 0) is 11.2 Å². The summed E-state index contributed by atoms with van der Waals surface area (Å²) in [5, 5.41) is 1.16. The summed E-state index contributed by atoms with van der Waals surface area (Å²) in [7, 11) is 0. The number of carbonyl (C=O) groups is 1. The van der Waals surface area contributed by atoms with Crippen LogP contribution in [0, 0.1) is 0 Å². The van der Waals surface area contributed by atoms with E-state index in [1.807, 2.05) is 24.4 Å². The lowest BCUT2D eigenvalue weighted by Crippen LogP contribution is -2.31. The highest BCUT2D eigenvalue weighted by Crippen LogP contribution is 2.19. The van der Waals surface area contributed by atoms with Crippen molar-refractivity contribution in [1.29, 1.82) is 0 Å². The standard InChI is InChI=1S/C12H14N2OS/c1-8(15)12(14-16)6-9-7-13-11-5-3-2-4-10(9)11/h2-5,7,12-14,16H,6H2,1H3. The van der Waals surface area contributed by atoms with E-state index in [0.29, 0.717) is 6.42 Å². The van der Waals surface area contributed by atoms with E-state index < -0.39 is 0 Å². The number of H-pyrrole nitrogens is 1. The predicted octanol–water partition coefficient (Wildman–Crippen LogP) is 2.10. The van der Waals surface area contributed by atoms with Gasteiger partial charge in [-0.05, 0) is 25.0 Å². The Bertz CT molecular complexity index is 506. The average Bonchev–Trinajstić information content (AvgIpc) is 2.69. The fraction of sp³-hybridized carbons (Fsp3) is 0.250. The Morgan fingerprint density at radius 1 is 1.50 bits per heavy atom. The Kier molecular flexibility index (Phi) is 3.31. The molecule has 3 nitrogen and oxygen atoms in total. The fourth-order valence-electron chi connectivity index (χ4n) is 1.80. The van der Waals surface area contributed by atoms with E-state index in [4.69, 9.17) is 0 Å². The molecule has 0 fully saturated rings. The largest absolute Gasteiger partial charge is 0.361 e. The Balaban J connectivity index is 2.30. The van der Waals surface area contributed by atoms with Gasteiger partial charge in [-0.3, -0.25) is 9.52 Å². The van der Waals surface area contributed by atoms with Gasteiger partial charge < -0.3 is 4.98 Å². The van der Waals surface area contributed by atoms with Gasteiger partial charge in [0.05, 0.1) is 6.04 Å². The highest BCUT2D eigenvalue weighted by molar-refractivity contribution is 7.78. The van der Waals surface area contributed by atoms with Gasteiger partial charge in [-0.15, -0.1) is 0 Å². The van der Waals surface area contributed by atoms with Crippen molar-refractivity contribution in [3.05, 3.63) is 36.0 Å². The molecule has 84 valence electrons. The molecule has 0 aliphatic carbocycles. The Hall–Kier alpha value is -1.26. The molecular weight excluding hydrogens is 220 g/mol. The molecule has 0 bridgehead atoms. The summed E-state index contributed by atoms with van der Waals surface area (Å²) in [6.45, 7) is 1.57. The quantitative estimate of drug-likeness (QED) is 0.709. The zero-order chi connectivity index (χ0) is 11.5. The normalized spacial score (nSPS) is 12.9. The molecule has 0 spiro atoms. The number of aromatic nitrogens is 1. The summed E-state index contributed by atoms with van der Waals surface area (Å²) in [6, 6.07) is 7.83. The van der Waals surface area contributed by atoms with E-state index >= 15 is 0 Å². The zero-order valence-electron chi connectivity index (χ0n) is 9.03. The van der Waals surface area contributed by atoms with E-state index in [2.05, 4.69) is 28.6 Å². The molecule has 1 unspecified atom stereocenters. The first-order valence-corrected chi connectivity index (χ1v) is 5.62. The maximum absolute atomic E-state index is 11.3. The third-order valence-corrected chi connectivity index (χ3v) is 3.06. The van der Waals surface area contributed by atoms with Crippen LogP contribution in [0.15, 0.2) is 30.5 Å². The highest BCUT2D eigenvalue weighted by atomic mass is 32.1. The van der Waals surface area contributed by atoms with Crippen molar-refractivity contribution in [3.8, 4) is 0 Å². The second kappa shape index (κ2) is 4.72. The predicted molar refractivity (Wildman–Crippen MR) is 68.6 cm³/mol. The first kappa shape index (κ1) is 11.2. The van der Waals surface area contributed by atoms with Gasteiger partial charge in [0.15, 0.2) is 0 Å². The van der Waals surface area contributed by atoms with Crippen molar-refractivity contribution in [3.63, 3.8) is 0 Å². The molecule has 0 aliphatic heterocycles. The number of thiol groups is 1. The molecule has 2 N–H and O–H groups in total. The van der Waals surface area contributed by atoms with Crippen LogP contribution in [0.4, 0.5) is 0 Å². The fourth-order valence-corrected chi connectivity index (χ4v) is 2.07. The van der Waals surface area contributed by atoms with Crippen LogP contribution >= 0.6 is 12.8 Å². The molecular formula is C12H14N2OS. The number of hydrogen-bond acceptors (Lipinski definition) is 3. The first-order valence-electron chi connectivity index (χ1n) is 5.17. The minimum atomic E-state index is -0.234. The summed E-state index contributed by atoms with van der Waals surface area (Å²) in [4.78, 5) is 14.5. The van der Waals surface area contributed by atoms with Crippen LogP contribution in [-0.4, -0.2) is 16.8 Å². The third-order valence-electron chi connectivity index (χ3n) is 2.75. The van der Waals surface area contributed by atoms with Gasteiger partial charge in [0.1, 0.15) is 5.78 Å². The summed E-state index contributed by atoms with van der Waals surface area (Å²) in [5.41, 5.74) is 2.23. The molecule has 0 saturated carbocycles.